The Morgan fingerprint density at radius 1 is 0.958 bits per heavy atom. The molecule has 4 rings (SSSR count). The summed E-state index contributed by atoms with van der Waals surface area (Å²) >= 11 is 0. The van der Waals surface area contributed by atoms with Gasteiger partial charge in [0, 0.05) is 62.8 Å². The number of halogens is 1. The lowest BCUT2D eigenvalue weighted by Gasteiger charge is -2.48. The quantitative estimate of drug-likeness (QED) is 0.861. The lowest BCUT2D eigenvalue weighted by atomic mass is 10.1. The van der Waals surface area contributed by atoms with Gasteiger partial charge in [0.25, 0.3) is 0 Å². The number of hydrogen-bond donors (Lipinski definition) is 0. The predicted molar refractivity (Wildman–Crippen MR) is 93.0 cm³/mol. The van der Waals surface area contributed by atoms with E-state index in [1.54, 1.807) is 6.33 Å². The zero-order chi connectivity index (χ0) is 16.5. The van der Waals surface area contributed by atoms with Gasteiger partial charge >= 0.3 is 0 Å². The number of benzene rings is 1. The minimum Gasteiger partial charge on any atom is -0.369 e. The van der Waals surface area contributed by atoms with Crippen molar-refractivity contribution < 1.29 is 4.39 Å². The Hall–Kier alpha value is -2.21. The molecule has 0 atom stereocenters. The molecule has 0 unspecified atom stereocenters. The third-order valence-corrected chi connectivity index (χ3v) is 5.00. The second kappa shape index (κ2) is 6.36. The van der Waals surface area contributed by atoms with Crippen molar-refractivity contribution in [1.82, 2.24) is 14.9 Å². The highest BCUT2D eigenvalue weighted by molar-refractivity contribution is 5.47. The van der Waals surface area contributed by atoms with E-state index < -0.39 is 0 Å². The Bertz CT molecular complexity index is 691. The molecule has 24 heavy (non-hydrogen) atoms. The van der Waals surface area contributed by atoms with Crippen molar-refractivity contribution in [3.8, 4) is 0 Å². The molecule has 2 saturated heterocycles. The first-order valence-electron chi connectivity index (χ1n) is 8.47. The van der Waals surface area contributed by atoms with Crippen LogP contribution in [0.25, 0.3) is 0 Å². The van der Waals surface area contributed by atoms with Crippen molar-refractivity contribution in [2.45, 2.75) is 13.0 Å². The first-order chi connectivity index (χ1) is 11.7. The number of hydrogen-bond acceptors (Lipinski definition) is 5. The van der Waals surface area contributed by atoms with Crippen LogP contribution in [0.1, 0.15) is 5.69 Å². The number of aromatic nitrogens is 2. The van der Waals surface area contributed by atoms with Crippen LogP contribution in [-0.4, -0.2) is 60.2 Å². The molecule has 0 saturated carbocycles. The van der Waals surface area contributed by atoms with Crippen LogP contribution in [0.2, 0.25) is 0 Å². The van der Waals surface area contributed by atoms with E-state index in [2.05, 4.69) is 24.7 Å². The van der Waals surface area contributed by atoms with Crippen molar-refractivity contribution in [2.24, 2.45) is 0 Å². The predicted octanol–water partition coefficient (Wildman–Crippen LogP) is 1.93. The van der Waals surface area contributed by atoms with Gasteiger partial charge in [-0.3, -0.25) is 4.90 Å². The summed E-state index contributed by atoms with van der Waals surface area (Å²) in [5, 5.41) is 0. The van der Waals surface area contributed by atoms with Crippen LogP contribution >= 0.6 is 0 Å². The molecule has 3 heterocycles. The summed E-state index contributed by atoms with van der Waals surface area (Å²) in [6.45, 7) is 8.16. The van der Waals surface area contributed by atoms with E-state index in [1.165, 1.54) is 12.1 Å². The molecule has 126 valence electrons. The molecule has 0 amide bonds. The lowest BCUT2D eigenvalue weighted by molar-refractivity contribution is 0.157. The summed E-state index contributed by atoms with van der Waals surface area (Å²) in [5.74, 6) is 0.857. The summed E-state index contributed by atoms with van der Waals surface area (Å²) in [5.41, 5.74) is 2.12. The number of anilines is 2. The minimum atomic E-state index is -0.174. The summed E-state index contributed by atoms with van der Waals surface area (Å²) in [6, 6.07) is 9.46. The number of piperazine rings is 1. The number of rotatable bonds is 3. The molecule has 1 aromatic heterocycles. The van der Waals surface area contributed by atoms with Gasteiger partial charge in [-0.2, -0.15) is 0 Å². The Balaban J connectivity index is 1.29. The molecule has 0 spiro atoms. The van der Waals surface area contributed by atoms with Crippen molar-refractivity contribution >= 4 is 11.5 Å². The summed E-state index contributed by atoms with van der Waals surface area (Å²) in [4.78, 5) is 15.7. The fourth-order valence-corrected chi connectivity index (χ4v) is 3.48. The molecule has 1 aromatic carbocycles. The fourth-order valence-electron chi connectivity index (χ4n) is 3.48. The van der Waals surface area contributed by atoms with Gasteiger partial charge in [0.1, 0.15) is 18.0 Å². The summed E-state index contributed by atoms with van der Waals surface area (Å²) in [7, 11) is 0. The highest BCUT2D eigenvalue weighted by Crippen LogP contribution is 2.24. The standard InChI is InChI=1S/C18H22FN5/c1-14-10-18(21-13-20-14)24-11-17(12-24)23-8-6-22(7-9-23)16-4-2-15(19)3-5-16/h2-5,10,13,17H,6-9,11-12H2,1H3. The highest BCUT2D eigenvalue weighted by atomic mass is 19.1. The SMILES string of the molecule is Cc1cc(N2CC(N3CCN(c4ccc(F)cc4)CC3)C2)ncn1. The van der Waals surface area contributed by atoms with Crippen LogP contribution in [-0.2, 0) is 0 Å². The Labute approximate surface area is 141 Å². The lowest BCUT2D eigenvalue weighted by Crippen LogP contribution is -2.63. The topological polar surface area (TPSA) is 35.5 Å². The average Bonchev–Trinajstić information content (AvgIpc) is 2.55. The zero-order valence-corrected chi connectivity index (χ0v) is 13.9. The molecule has 0 aliphatic carbocycles. The van der Waals surface area contributed by atoms with E-state index in [9.17, 15) is 4.39 Å². The average molecular weight is 327 g/mol. The second-order valence-corrected chi connectivity index (χ2v) is 6.58. The molecule has 6 heteroatoms. The van der Waals surface area contributed by atoms with Crippen molar-refractivity contribution in [1.29, 1.82) is 0 Å². The molecule has 2 aromatic rings. The maximum absolute atomic E-state index is 13.0. The van der Waals surface area contributed by atoms with Crippen LogP contribution in [0.3, 0.4) is 0 Å². The minimum absolute atomic E-state index is 0.174. The zero-order valence-electron chi connectivity index (χ0n) is 13.9. The van der Waals surface area contributed by atoms with E-state index in [1.807, 2.05) is 25.1 Å². The normalized spacial score (nSPS) is 19.4. The fraction of sp³-hybridized carbons (Fsp3) is 0.444. The van der Waals surface area contributed by atoms with Gasteiger partial charge in [-0.25, -0.2) is 14.4 Å². The van der Waals surface area contributed by atoms with Gasteiger partial charge in [0.05, 0.1) is 0 Å². The molecule has 0 radical (unpaired) electrons. The van der Waals surface area contributed by atoms with Crippen molar-refractivity contribution in [3.63, 3.8) is 0 Å². The molecule has 2 aliphatic rings. The maximum Gasteiger partial charge on any atom is 0.132 e. The van der Waals surface area contributed by atoms with Gasteiger partial charge in [-0.15, -0.1) is 0 Å². The Morgan fingerprint density at radius 3 is 2.33 bits per heavy atom. The van der Waals surface area contributed by atoms with Gasteiger partial charge in [-0.1, -0.05) is 0 Å². The molecule has 0 N–H and O–H groups in total. The Morgan fingerprint density at radius 2 is 1.67 bits per heavy atom. The van der Waals surface area contributed by atoms with E-state index in [0.29, 0.717) is 6.04 Å². The van der Waals surface area contributed by atoms with Crippen LogP contribution in [0.5, 0.6) is 0 Å². The Kier molecular flexibility index (Phi) is 4.06. The van der Waals surface area contributed by atoms with E-state index in [0.717, 1.165) is 56.5 Å². The molecule has 2 fully saturated rings. The number of nitrogens with zero attached hydrogens (tertiary/aromatic N) is 5. The van der Waals surface area contributed by atoms with Gasteiger partial charge < -0.3 is 9.80 Å². The second-order valence-electron chi connectivity index (χ2n) is 6.58. The third kappa shape index (κ3) is 3.06. The van der Waals surface area contributed by atoms with Gasteiger partial charge in [0.15, 0.2) is 0 Å². The first kappa shape index (κ1) is 15.3. The molecule has 2 aliphatic heterocycles. The molecular formula is C18H22FN5. The van der Waals surface area contributed by atoms with Crippen LogP contribution < -0.4 is 9.80 Å². The molecule has 0 bridgehead atoms. The van der Waals surface area contributed by atoms with Crippen molar-refractivity contribution in [3.05, 3.63) is 48.2 Å². The van der Waals surface area contributed by atoms with E-state index in [-0.39, 0.29) is 5.82 Å². The highest BCUT2D eigenvalue weighted by Gasteiger charge is 2.34. The summed E-state index contributed by atoms with van der Waals surface area (Å²) < 4.78 is 13.0. The van der Waals surface area contributed by atoms with Gasteiger partial charge in [0.2, 0.25) is 0 Å². The first-order valence-corrected chi connectivity index (χ1v) is 8.47. The third-order valence-electron chi connectivity index (χ3n) is 5.00. The molecular weight excluding hydrogens is 305 g/mol. The largest absolute Gasteiger partial charge is 0.369 e. The van der Waals surface area contributed by atoms with Crippen LogP contribution in [0.15, 0.2) is 36.7 Å². The van der Waals surface area contributed by atoms with Crippen LogP contribution in [0.4, 0.5) is 15.9 Å². The summed E-state index contributed by atoms with van der Waals surface area (Å²) in [6.07, 6.45) is 1.64. The van der Waals surface area contributed by atoms with Gasteiger partial charge in [-0.05, 0) is 31.2 Å². The van der Waals surface area contributed by atoms with Crippen molar-refractivity contribution in [2.75, 3.05) is 49.1 Å². The maximum atomic E-state index is 13.0. The smallest absolute Gasteiger partial charge is 0.132 e. The monoisotopic (exact) mass is 327 g/mol. The van der Waals surface area contributed by atoms with E-state index >= 15 is 0 Å². The molecule has 5 nitrogen and oxygen atoms in total. The van der Waals surface area contributed by atoms with E-state index in [4.69, 9.17) is 0 Å². The number of aryl methyl sites for hydroxylation is 1. The van der Waals surface area contributed by atoms with Crippen LogP contribution in [0, 0.1) is 12.7 Å².